The number of aromatic nitrogens is 1. The SMILES string of the molecule is CC(=O)c1ccc(OCCCC(=O)Nc2nc(-c3c(F)cccc3F)cs2)cc1. The van der Waals surface area contributed by atoms with E-state index in [9.17, 15) is 18.4 Å². The number of carbonyl (C=O) groups excluding carboxylic acids is 2. The molecule has 0 radical (unpaired) electrons. The van der Waals surface area contributed by atoms with Crippen LogP contribution >= 0.6 is 11.3 Å². The number of hydrogen-bond acceptors (Lipinski definition) is 5. The van der Waals surface area contributed by atoms with Crippen molar-refractivity contribution in [2.45, 2.75) is 19.8 Å². The Bertz CT molecular complexity index is 999. The molecule has 0 spiro atoms. The summed E-state index contributed by atoms with van der Waals surface area (Å²) in [6, 6.07) is 10.4. The largest absolute Gasteiger partial charge is 0.494 e. The maximum absolute atomic E-state index is 13.8. The molecule has 0 bridgehead atoms. The van der Waals surface area contributed by atoms with Gasteiger partial charge in [0.15, 0.2) is 10.9 Å². The first-order chi connectivity index (χ1) is 13.9. The molecule has 1 amide bonds. The van der Waals surface area contributed by atoms with Crippen LogP contribution in [0.3, 0.4) is 0 Å². The molecule has 1 N–H and O–H groups in total. The van der Waals surface area contributed by atoms with Gasteiger partial charge >= 0.3 is 0 Å². The van der Waals surface area contributed by atoms with Crippen molar-refractivity contribution in [2.24, 2.45) is 0 Å². The Labute approximate surface area is 170 Å². The predicted molar refractivity (Wildman–Crippen MR) is 107 cm³/mol. The number of halogens is 2. The number of ketones is 1. The van der Waals surface area contributed by atoms with Crippen molar-refractivity contribution in [3.63, 3.8) is 0 Å². The molecule has 3 rings (SSSR count). The summed E-state index contributed by atoms with van der Waals surface area (Å²) in [5, 5.41) is 4.38. The molecule has 0 aliphatic carbocycles. The molecule has 8 heteroatoms. The lowest BCUT2D eigenvalue weighted by Crippen LogP contribution is -2.12. The number of benzene rings is 2. The lowest BCUT2D eigenvalue weighted by atomic mass is 10.1. The van der Waals surface area contributed by atoms with E-state index in [-0.39, 0.29) is 34.5 Å². The molecule has 1 heterocycles. The summed E-state index contributed by atoms with van der Waals surface area (Å²) < 4.78 is 33.2. The fourth-order valence-corrected chi connectivity index (χ4v) is 3.30. The van der Waals surface area contributed by atoms with Gasteiger partial charge in [-0.3, -0.25) is 9.59 Å². The van der Waals surface area contributed by atoms with Gasteiger partial charge in [-0.2, -0.15) is 0 Å². The Morgan fingerprint density at radius 2 is 1.79 bits per heavy atom. The summed E-state index contributed by atoms with van der Waals surface area (Å²) in [5.41, 5.74) is 0.529. The minimum absolute atomic E-state index is 0.0173. The summed E-state index contributed by atoms with van der Waals surface area (Å²) in [5.74, 6) is -1.08. The fourth-order valence-electron chi connectivity index (χ4n) is 2.58. The molecule has 0 aliphatic heterocycles. The quantitative estimate of drug-likeness (QED) is 0.410. The number of hydrogen-bond donors (Lipinski definition) is 1. The lowest BCUT2D eigenvalue weighted by molar-refractivity contribution is -0.116. The van der Waals surface area contributed by atoms with Crippen LogP contribution in [0.15, 0.2) is 47.8 Å². The Morgan fingerprint density at radius 1 is 1.10 bits per heavy atom. The smallest absolute Gasteiger partial charge is 0.226 e. The molecule has 3 aromatic rings. The first kappa shape index (κ1) is 20.6. The van der Waals surface area contributed by atoms with Gasteiger partial charge < -0.3 is 10.1 Å². The van der Waals surface area contributed by atoms with Crippen molar-refractivity contribution < 1.29 is 23.1 Å². The van der Waals surface area contributed by atoms with E-state index in [2.05, 4.69) is 10.3 Å². The zero-order valence-electron chi connectivity index (χ0n) is 15.6. The van der Waals surface area contributed by atoms with Crippen LogP contribution in [0.25, 0.3) is 11.3 Å². The molecule has 2 aromatic carbocycles. The zero-order chi connectivity index (χ0) is 20.8. The van der Waals surface area contributed by atoms with E-state index < -0.39 is 11.6 Å². The second-order valence-corrected chi connectivity index (χ2v) is 7.07. The van der Waals surface area contributed by atoms with Crippen LogP contribution in [0.5, 0.6) is 5.75 Å². The Balaban J connectivity index is 1.46. The molecule has 150 valence electrons. The topological polar surface area (TPSA) is 68.3 Å². The molecule has 0 atom stereocenters. The summed E-state index contributed by atoms with van der Waals surface area (Å²) in [6.45, 7) is 1.82. The molecule has 29 heavy (non-hydrogen) atoms. The van der Waals surface area contributed by atoms with E-state index in [1.807, 2.05) is 0 Å². The van der Waals surface area contributed by atoms with Gasteiger partial charge in [-0.05, 0) is 49.7 Å². The van der Waals surface area contributed by atoms with Crippen LogP contribution in [-0.4, -0.2) is 23.3 Å². The van der Waals surface area contributed by atoms with Crippen LogP contribution in [0.1, 0.15) is 30.1 Å². The molecular formula is C21H18F2N2O3S. The standard InChI is InChI=1S/C21H18F2N2O3S/c1-13(26)14-7-9-15(10-8-14)28-11-3-6-19(27)25-21-24-18(12-29-21)20-16(22)4-2-5-17(20)23/h2,4-5,7-10,12H,3,6,11H2,1H3,(H,24,25,27). The van der Waals surface area contributed by atoms with Gasteiger partial charge in [0.1, 0.15) is 17.4 Å². The molecule has 0 saturated heterocycles. The highest BCUT2D eigenvalue weighted by atomic mass is 32.1. The van der Waals surface area contributed by atoms with Gasteiger partial charge in [-0.1, -0.05) is 6.07 Å². The molecular weight excluding hydrogens is 398 g/mol. The highest BCUT2D eigenvalue weighted by Crippen LogP contribution is 2.29. The highest BCUT2D eigenvalue weighted by molar-refractivity contribution is 7.14. The third kappa shape index (κ3) is 5.45. The number of nitrogens with one attached hydrogen (secondary N) is 1. The monoisotopic (exact) mass is 416 g/mol. The lowest BCUT2D eigenvalue weighted by Gasteiger charge is -2.06. The van der Waals surface area contributed by atoms with Crippen molar-refractivity contribution in [2.75, 3.05) is 11.9 Å². The molecule has 0 saturated carbocycles. The number of amides is 1. The summed E-state index contributed by atoms with van der Waals surface area (Å²) >= 11 is 1.09. The average molecular weight is 416 g/mol. The molecule has 0 fully saturated rings. The normalized spacial score (nSPS) is 10.6. The molecule has 5 nitrogen and oxygen atoms in total. The number of Topliss-reactive ketones (excluding diaryl/α,β-unsaturated/α-hetero) is 1. The number of carbonyl (C=O) groups is 2. The Morgan fingerprint density at radius 3 is 2.45 bits per heavy atom. The molecule has 0 unspecified atom stereocenters. The Hall–Kier alpha value is -3.13. The van der Waals surface area contributed by atoms with E-state index in [0.717, 1.165) is 23.5 Å². The number of ether oxygens (including phenoxy) is 1. The minimum Gasteiger partial charge on any atom is -0.494 e. The number of nitrogens with zero attached hydrogens (tertiary/aromatic N) is 1. The predicted octanol–water partition coefficient (Wildman–Crippen LogP) is 5.09. The van der Waals surface area contributed by atoms with Crippen molar-refractivity contribution >= 4 is 28.2 Å². The maximum Gasteiger partial charge on any atom is 0.226 e. The first-order valence-corrected chi connectivity index (χ1v) is 9.75. The number of thiazole rings is 1. The zero-order valence-corrected chi connectivity index (χ0v) is 16.4. The van der Waals surface area contributed by atoms with E-state index >= 15 is 0 Å². The van der Waals surface area contributed by atoms with Crippen molar-refractivity contribution in [1.82, 2.24) is 4.98 Å². The average Bonchev–Trinajstić information content (AvgIpc) is 3.13. The first-order valence-electron chi connectivity index (χ1n) is 8.87. The highest BCUT2D eigenvalue weighted by Gasteiger charge is 2.15. The second kappa shape index (κ2) is 9.38. The number of anilines is 1. The van der Waals surface area contributed by atoms with Crippen LogP contribution in [0, 0.1) is 11.6 Å². The van der Waals surface area contributed by atoms with Crippen LogP contribution in [-0.2, 0) is 4.79 Å². The third-order valence-corrected chi connectivity index (χ3v) is 4.80. The summed E-state index contributed by atoms with van der Waals surface area (Å²) in [7, 11) is 0. The van der Waals surface area contributed by atoms with Crippen LogP contribution in [0.2, 0.25) is 0 Å². The third-order valence-electron chi connectivity index (χ3n) is 4.05. The van der Waals surface area contributed by atoms with E-state index in [1.165, 1.54) is 18.4 Å². The van der Waals surface area contributed by atoms with E-state index in [4.69, 9.17) is 4.74 Å². The van der Waals surface area contributed by atoms with Gasteiger partial charge in [0.25, 0.3) is 0 Å². The van der Waals surface area contributed by atoms with Crippen molar-refractivity contribution in [3.8, 4) is 17.0 Å². The summed E-state index contributed by atoms with van der Waals surface area (Å²) in [4.78, 5) is 27.4. The van der Waals surface area contributed by atoms with Gasteiger partial charge in [0, 0.05) is 17.4 Å². The van der Waals surface area contributed by atoms with Crippen LogP contribution < -0.4 is 10.1 Å². The van der Waals surface area contributed by atoms with Gasteiger partial charge in [0.05, 0.1) is 17.9 Å². The van der Waals surface area contributed by atoms with Crippen molar-refractivity contribution in [1.29, 1.82) is 0 Å². The summed E-state index contributed by atoms with van der Waals surface area (Å²) in [6.07, 6.45) is 0.676. The fraction of sp³-hybridized carbons (Fsp3) is 0.190. The van der Waals surface area contributed by atoms with Crippen molar-refractivity contribution in [3.05, 3.63) is 65.0 Å². The van der Waals surface area contributed by atoms with Crippen LogP contribution in [0.4, 0.5) is 13.9 Å². The minimum atomic E-state index is -0.707. The molecule has 1 aromatic heterocycles. The van der Waals surface area contributed by atoms with Gasteiger partial charge in [0.2, 0.25) is 5.91 Å². The second-order valence-electron chi connectivity index (χ2n) is 6.22. The Kier molecular flexibility index (Phi) is 6.66. The van der Waals surface area contributed by atoms with E-state index in [1.54, 1.807) is 24.3 Å². The van der Waals surface area contributed by atoms with E-state index in [0.29, 0.717) is 24.3 Å². The van der Waals surface area contributed by atoms with Gasteiger partial charge in [-0.15, -0.1) is 11.3 Å². The number of rotatable bonds is 8. The maximum atomic E-state index is 13.8. The molecule has 0 aliphatic rings. The van der Waals surface area contributed by atoms with Gasteiger partial charge in [-0.25, -0.2) is 13.8 Å².